The van der Waals surface area contributed by atoms with Crippen molar-refractivity contribution >= 4 is 55.6 Å². The van der Waals surface area contributed by atoms with Crippen LogP contribution in [-0.2, 0) is 0 Å². The number of hydrogen-bond donors (Lipinski definition) is 2. The van der Waals surface area contributed by atoms with Gasteiger partial charge in [-0.3, -0.25) is 4.79 Å². The number of nitrogens with one attached hydrogen (secondary N) is 1. The summed E-state index contributed by atoms with van der Waals surface area (Å²) >= 11 is 12.0. The number of nitrogens with zero attached hydrogens (tertiary/aromatic N) is 3. The second kappa shape index (κ2) is 10.7. The highest BCUT2D eigenvalue weighted by molar-refractivity contribution is 9.11. The average molecular weight is 589 g/mol. The highest BCUT2D eigenvalue weighted by atomic mass is 79.9. The summed E-state index contributed by atoms with van der Waals surface area (Å²) in [4.78, 5) is 19.5. The van der Waals surface area contributed by atoms with Crippen molar-refractivity contribution in [1.29, 1.82) is 0 Å². The fourth-order valence-corrected chi connectivity index (χ4v) is 3.70. The zero-order valence-corrected chi connectivity index (χ0v) is 20.2. The van der Waals surface area contributed by atoms with Crippen LogP contribution in [0.5, 0.6) is 23.1 Å². The molecule has 1 heterocycles. The molecule has 0 aliphatic carbocycles. The summed E-state index contributed by atoms with van der Waals surface area (Å²) in [5.74, 6) is -1.10. The Bertz CT molecular complexity index is 1170. The standard InChI is InChI=1S/C20H14Br2ClFN4O4/c1-2-31-16-5-10(3-4-15(16)32-19-14(24)9-25-20(23)27-19)8-26-28-18(30)11-6-12(21)17(29)13(22)7-11/h3-9,29H,2H2,1H3,(H,28,30). The van der Waals surface area contributed by atoms with Crippen LogP contribution in [0.4, 0.5) is 4.39 Å². The molecule has 3 aromatic rings. The predicted molar refractivity (Wildman–Crippen MR) is 123 cm³/mol. The number of halogens is 4. The van der Waals surface area contributed by atoms with E-state index < -0.39 is 11.7 Å². The van der Waals surface area contributed by atoms with Crippen molar-refractivity contribution < 1.29 is 23.8 Å². The second-order valence-corrected chi connectivity index (χ2v) is 8.07. The van der Waals surface area contributed by atoms with Crippen molar-refractivity contribution in [3.8, 4) is 23.1 Å². The molecule has 2 N–H and O–H groups in total. The van der Waals surface area contributed by atoms with Gasteiger partial charge in [0.15, 0.2) is 11.5 Å². The van der Waals surface area contributed by atoms with E-state index in [2.05, 4.69) is 52.4 Å². The molecule has 0 saturated heterocycles. The molecule has 1 amide bonds. The molecule has 2 aromatic carbocycles. The molecular weight excluding hydrogens is 575 g/mol. The molecule has 166 valence electrons. The summed E-state index contributed by atoms with van der Waals surface area (Å²) in [7, 11) is 0. The number of phenols is 1. The molecule has 0 aliphatic heterocycles. The summed E-state index contributed by atoms with van der Waals surface area (Å²) in [5.41, 5.74) is 3.25. The summed E-state index contributed by atoms with van der Waals surface area (Å²) in [6.07, 6.45) is 2.30. The largest absolute Gasteiger partial charge is 0.506 e. The van der Waals surface area contributed by atoms with Crippen molar-refractivity contribution in [2.45, 2.75) is 6.92 Å². The van der Waals surface area contributed by atoms with Gasteiger partial charge in [-0.2, -0.15) is 14.5 Å². The van der Waals surface area contributed by atoms with E-state index >= 15 is 0 Å². The zero-order chi connectivity index (χ0) is 23.3. The number of amides is 1. The predicted octanol–water partition coefficient (Wildman–Crippen LogP) is 5.45. The van der Waals surface area contributed by atoms with Gasteiger partial charge in [-0.05, 0) is 86.3 Å². The third kappa shape index (κ3) is 5.93. The van der Waals surface area contributed by atoms with Crippen LogP contribution in [0.3, 0.4) is 0 Å². The molecule has 0 fully saturated rings. The van der Waals surface area contributed by atoms with Crippen LogP contribution in [0.15, 0.2) is 50.6 Å². The van der Waals surface area contributed by atoms with Gasteiger partial charge in [-0.25, -0.2) is 10.4 Å². The Morgan fingerprint density at radius 2 is 2.00 bits per heavy atom. The molecule has 12 heteroatoms. The van der Waals surface area contributed by atoms with Crippen molar-refractivity contribution in [2.75, 3.05) is 6.61 Å². The van der Waals surface area contributed by atoms with Gasteiger partial charge in [0.25, 0.3) is 11.8 Å². The quantitative estimate of drug-likeness (QED) is 0.216. The zero-order valence-electron chi connectivity index (χ0n) is 16.3. The molecule has 0 unspecified atom stereocenters. The number of hydrogen-bond acceptors (Lipinski definition) is 7. The Balaban J connectivity index is 1.75. The van der Waals surface area contributed by atoms with Crippen molar-refractivity contribution in [1.82, 2.24) is 15.4 Å². The molecule has 0 aliphatic rings. The molecular formula is C20H14Br2ClFN4O4. The van der Waals surface area contributed by atoms with E-state index in [-0.39, 0.29) is 28.2 Å². The Morgan fingerprint density at radius 1 is 1.28 bits per heavy atom. The Morgan fingerprint density at radius 3 is 2.69 bits per heavy atom. The van der Waals surface area contributed by atoms with E-state index in [1.165, 1.54) is 24.4 Å². The molecule has 0 radical (unpaired) electrons. The molecule has 3 rings (SSSR count). The molecule has 8 nitrogen and oxygen atoms in total. The minimum Gasteiger partial charge on any atom is -0.506 e. The van der Waals surface area contributed by atoms with Crippen LogP contribution in [0.25, 0.3) is 0 Å². The molecule has 32 heavy (non-hydrogen) atoms. The highest BCUT2D eigenvalue weighted by Gasteiger charge is 2.14. The van der Waals surface area contributed by atoms with Crippen LogP contribution in [0.1, 0.15) is 22.8 Å². The lowest BCUT2D eigenvalue weighted by molar-refractivity contribution is 0.0955. The lowest BCUT2D eigenvalue weighted by Crippen LogP contribution is -2.17. The summed E-state index contributed by atoms with van der Waals surface area (Å²) in [5, 5.41) is 13.5. The number of phenolic OH excluding ortho intramolecular Hbond substituents is 1. The Kier molecular flexibility index (Phi) is 7.99. The SMILES string of the molecule is CCOc1cc(C=NNC(=O)c2cc(Br)c(O)c(Br)c2)ccc1Oc1nc(Cl)ncc1F. The van der Waals surface area contributed by atoms with E-state index in [1.807, 2.05) is 0 Å². The van der Waals surface area contributed by atoms with Gasteiger partial charge in [0.2, 0.25) is 11.1 Å². The number of aromatic hydroxyl groups is 1. The van der Waals surface area contributed by atoms with Gasteiger partial charge in [-0.1, -0.05) is 0 Å². The minimum atomic E-state index is -0.780. The van der Waals surface area contributed by atoms with Crippen molar-refractivity contribution in [3.63, 3.8) is 0 Å². The lowest BCUT2D eigenvalue weighted by atomic mass is 10.2. The van der Waals surface area contributed by atoms with Gasteiger partial charge < -0.3 is 14.6 Å². The Hall–Kier alpha value is -2.76. The van der Waals surface area contributed by atoms with Crippen LogP contribution in [-0.4, -0.2) is 33.8 Å². The van der Waals surface area contributed by atoms with Crippen molar-refractivity contribution in [3.05, 3.63) is 67.7 Å². The Labute approximate surface area is 203 Å². The van der Waals surface area contributed by atoms with Crippen LogP contribution in [0.2, 0.25) is 5.28 Å². The normalized spacial score (nSPS) is 10.9. The third-order valence-corrected chi connectivity index (χ3v) is 5.21. The first-order valence-corrected chi connectivity index (χ1v) is 10.9. The fourth-order valence-electron chi connectivity index (χ4n) is 2.39. The maximum absolute atomic E-state index is 13.9. The number of rotatable bonds is 7. The first-order valence-electron chi connectivity index (χ1n) is 8.92. The van der Waals surface area contributed by atoms with Gasteiger partial charge in [0.1, 0.15) is 5.75 Å². The molecule has 0 spiro atoms. The van der Waals surface area contributed by atoms with E-state index in [0.717, 1.165) is 6.20 Å². The minimum absolute atomic E-state index is 0.0140. The van der Waals surface area contributed by atoms with Crippen LogP contribution >= 0.6 is 43.5 Å². The number of carbonyl (C=O) groups is 1. The lowest BCUT2D eigenvalue weighted by Gasteiger charge is -2.12. The monoisotopic (exact) mass is 586 g/mol. The molecule has 1 aromatic heterocycles. The molecule has 0 atom stereocenters. The first-order chi connectivity index (χ1) is 15.3. The van der Waals surface area contributed by atoms with Crippen LogP contribution in [0, 0.1) is 5.82 Å². The summed E-state index contributed by atoms with van der Waals surface area (Å²) in [6, 6.07) is 7.69. The number of benzene rings is 2. The number of carbonyl (C=O) groups excluding carboxylic acids is 1. The van der Waals surface area contributed by atoms with E-state index in [9.17, 15) is 14.3 Å². The van der Waals surface area contributed by atoms with Crippen LogP contribution < -0.4 is 14.9 Å². The average Bonchev–Trinajstić information content (AvgIpc) is 2.76. The highest BCUT2D eigenvalue weighted by Crippen LogP contribution is 2.34. The van der Waals surface area contributed by atoms with Gasteiger partial charge in [0, 0.05) is 5.56 Å². The molecule has 0 saturated carbocycles. The first kappa shape index (κ1) is 23.9. The topological polar surface area (TPSA) is 106 Å². The van der Waals surface area contributed by atoms with E-state index in [1.54, 1.807) is 19.1 Å². The van der Waals surface area contributed by atoms with Gasteiger partial charge >= 0.3 is 0 Å². The molecule has 0 bridgehead atoms. The fraction of sp³-hybridized carbons (Fsp3) is 0.100. The summed E-state index contributed by atoms with van der Waals surface area (Å²) < 4.78 is 25.6. The van der Waals surface area contributed by atoms with E-state index in [0.29, 0.717) is 26.9 Å². The maximum Gasteiger partial charge on any atom is 0.271 e. The van der Waals surface area contributed by atoms with Crippen molar-refractivity contribution in [2.24, 2.45) is 5.10 Å². The third-order valence-electron chi connectivity index (χ3n) is 3.82. The summed E-state index contributed by atoms with van der Waals surface area (Å²) in [6.45, 7) is 2.10. The maximum atomic E-state index is 13.9. The smallest absolute Gasteiger partial charge is 0.271 e. The number of hydrazone groups is 1. The number of aromatic nitrogens is 2. The van der Waals surface area contributed by atoms with Gasteiger partial charge in [0.05, 0.1) is 28.0 Å². The van der Waals surface area contributed by atoms with Gasteiger partial charge in [-0.15, -0.1) is 0 Å². The second-order valence-electron chi connectivity index (χ2n) is 6.02. The number of ether oxygens (including phenoxy) is 2. The van der Waals surface area contributed by atoms with E-state index in [4.69, 9.17) is 21.1 Å².